The van der Waals surface area contributed by atoms with E-state index >= 15 is 0 Å². The standard InChI is InChI=1S/C19H21FN2O5S/c1-12(2)22-28(25,26)15-8-9-17(20)16(10-15)18(23)21-11-13-4-6-14(7-5-13)19(24)27-3/h4-10,12,22H,11H2,1-3H3,(H,21,23). The van der Waals surface area contributed by atoms with Crippen LogP contribution in [0.3, 0.4) is 0 Å². The number of nitrogens with one attached hydrogen (secondary N) is 2. The molecular formula is C19H21FN2O5S. The summed E-state index contributed by atoms with van der Waals surface area (Å²) in [5.74, 6) is -2.07. The highest BCUT2D eigenvalue weighted by Crippen LogP contribution is 2.16. The fraction of sp³-hybridized carbons (Fsp3) is 0.263. The molecule has 28 heavy (non-hydrogen) atoms. The molecule has 2 aromatic carbocycles. The minimum absolute atomic E-state index is 0.0704. The van der Waals surface area contributed by atoms with Crippen molar-refractivity contribution in [3.8, 4) is 0 Å². The molecule has 7 nitrogen and oxygen atoms in total. The summed E-state index contributed by atoms with van der Waals surface area (Å²) in [5.41, 5.74) is 0.656. The van der Waals surface area contributed by atoms with Crippen LogP contribution < -0.4 is 10.0 Å². The highest BCUT2D eigenvalue weighted by Gasteiger charge is 2.20. The number of hydrogen-bond donors (Lipinski definition) is 2. The third kappa shape index (κ3) is 5.37. The van der Waals surface area contributed by atoms with E-state index in [0.29, 0.717) is 11.1 Å². The van der Waals surface area contributed by atoms with E-state index in [1.54, 1.807) is 38.1 Å². The average Bonchev–Trinajstić information content (AvgIpc) is 2.65. The second-order valence-electron chi connectivity index (χ2n) is 6.29. The number of esters is 1. The molecule has 0 aliphatic heterocycles. The van der Waals surface area contributed by atoms with Gasteiger partial charge in [0.15, 0.2) is 0 Å². The number of halogens is 1. The van der Waals surface area contributed by atoms with Crippen molar-refractivity contribution >= 4 is 21.9 Å². The number of amides is 1. The fourth-order valence-electron chi connectivity index (χ4n) is 2.38. The Hall–Kier alpha value is -2.78. The van der Waals surface area contributed by atoms with Crippen LogP contribution in [-0.4, -0.2) is 33.4 Å². The van der Waals surface area contributed by atoms with E-state index in [9.17, 15) is 22.4 Å². The van der Waals surface area contributed by atoms with E-state index in [0.717, 1.165) is 18.2 Å². The third-order valence-corrected chi connectivity index (χ3v) is 5.37. The Bertz CT molecular complexity index is 972. The minimum atomic E-state index is -3.86. The Balaban J connectivity index is 2.14. The van der Waals surface area contributed by atoms with Crippen molar-refractivity contribution in [3.63, 3.8) is 0 Å². The lowest BCUT2D eigenvalue weighted by Crippen LogP contribution is -2.31. The van der Waals surface area contributed by atoms with Crippen LogP contribution in [0.15, 0.2) is 47.4 Å². The van der Waals surface area contributed by atoms with Gasteiger partial charge in [-0.2, -0.15) is 0 Å². The van der Waals surface area contributed by atoms with Gasteiger partial charge in [-0.1, -0.05) is 12.1 Å². The van der Waals surface area contributed by atoms with Crippen LogP contribution >= 0.6 is 0 Å². The Kier molecular flexibility index (Phi) is 6.87. The second-order valence-corrected chi connectivity index (χ2v) is 8.00. The number of rotatable bonds is 7. The van der Waals surface area contributed by atoms with Crippen LogP contribution in [0, 0.1) is 5.82 Å². The first-order valence-electron chi connectivity index (χ1n) is 8.41. The lowest BCUT2D eigenvalue weighted by molar-refractivity contribution is 0.0600. The van der Waals surface area contributed by atoms with Crippen LogP contribution in [0.5, 0.6) is 0 Å². The number of hydrogen-bond acceptors (Lipinski definition) is 5. The molecule has 150 valence electrons. The van der Waals surface area contributed by atoms with Crippen molar-refractivity contribution in [1.29, 1.82) is 0 Å². The molecule has 9 heteroatoms. The van der Waals surface area contributed by atoms with Gasteiger partial charge in [0.05, 0.1) is 23.1 Å². The van der Waals surface area contributed by atoms with E-state index in [1.807, 2.05) is 0 Å². The highest BCUT2D eigenvalue weighted by molar-refractivity contribution is 7.89. The predicted octanol–water partition coefficient (Wildman–Crippen LogP) is 2.23. The second kappa shape index (κ2) is 8.94. The Labute approximate surface area is 163 Å². The Morgan fingerprint density at radius 1 is 1.11 bits per heavy atom. The monoisotopic (exact) mass is 408 g/mol. The number of carbonyl (C=O) groups excluding carboxylic acids is 2. The van der Waals surface area contributed by atoms with Crippen LogP contribution in [0.4, 0.5) is 4.39 Å². The summed E-state index contributed by atoms with van der Waals surface area (Å²) in [4.78, 5) is 23.5. The average molecular weight is 408 g/mol. The molecule has 0 radical (unpaired) electrons. The van der Waals surface area contributed by atoms with Crippen LogP contribution in [0.2, 0.25) is 0 Å². The van der Waals surface area contributed by atoms with Crippen molar-refractivity contribution in [3.05, 3.63) is 65.0 Å². The lowest BCUT2D eigenvalue weighted by Gasteiger charge is -2.11. The van der Waals surface area contributed by atoms with Gasteiger partial charge in [-0.25, -0.2) is 22.3 Å². The first kappa shape index (κ1) is 21.5. The van der Waals surface area contributed by atoms with Crippen molar-refractivity contribution < 1.29 is 27.1 Å². The van der Waals surface area contributed by atoms with Gasteiger partial charge < -0.3 is 10.1 Å². The maximum atomic E-state index is 14.0. The van der Waals surface area contributed by atoms with Crippen molar-refractivity contribution in [2.75, 3.05) is 7.11 Å². The van der Waals surface area contributed by atoms with Crippen molar-refractivity contribution in [1.82, 2.24) is 10.0 Å². The number of sulfonamides is 1. The summed E-state index contributed by atoms with van der Waals surface area (Å²) in [7, 11) is -2.58. The molecule has 0 spiro atoms. The van der Waals surface area contributed by atoms with Crippen LogP contribution in [0.1, 0.15) is 40.1 Å². The zero-order chi connectivity index (χ0) is 20.9. The van der Waals surface area contributed by atoms with E-state index in [-0.39, 0.29) is 23.0 Å². The Morgan fingerprint density at radius 2 is 1.75 bits per heavy atom. The van der Waals surface area contributed by atoms with Gasteiger partial charge in [0, 0.05) is 12.6 Å². The molecule has 0 unspecified atom stereocenters. The minimum Gasteiger partial charge on any atom is -0.465 e. The van der Waals surface area contributed by atoms with Crippen LogP contribution in [-0.2, 0) is 21.3 Å². The lowest BCUT2D eigenvalue weighted by atomic mass is 10.1. The Morgan fingerprint density at radius 3 is 2.32 bits per heavy atom. The summed E-state index contributed by atoms with van der Waals surface area (Å²) in [6, 6.07) is 9.01. The number of benzene rings is 2. The number of carbonyl (C=O) groups is 2. The molecule has 1 amide bonds. The summed E-state index contributed by atoms with van der Waals surface area (Å²) in [6.07, 6.45) is 0. The molecule has 0 bridgehead atoms. The first-order valence-corrected chi connectivity index (χ1v) is 9.89. The largest absolute Gasteiger partial charge is 0.465 e. The van der Waals surface area contributed by atoms with Gasteiger partial charge >= 0.3 is 5.97 Å². The smallest absolute Gasteiger partial charge is 0.337 e. The SMILES string of the molecule is COC(=O)c1ccc(CNC(=O)c2cc(S(=O)(=O)NC(C)C)ccc2F)cc1. The summed E-state index contributed by atoms with van der Waals surface area (Å²) >= 11 is 0. The van der Waals surface area contributed by atoms with Gasteiger partial charge in [0.1, 0.15) is 5.82 Å². The molecule has 0 heterocycles. The quantitative estimate of drug-likeness (QED) is 0.684. The predicted molar refractivity (Wildman–Crippen MR) is 101 cm³/mol. The van der Waals surface area contributed by atoms with E-state index in [2.05, 4.69) is 14.8 Å². The molecule has 2 aromatic rings. The highest BCUT2D eigenvalue weighted by atomic mass is 32.2. The molecule has 0 fully saturated rings. The molecule has 0 saturated carbocycles. The molecule has 0 aliphatic carbocycles. The van der Waals surface area contributed by atoms with Crippen LogP contribution in [0.25, 0.3) is 0 Å². The van der Waals surface area contributed by atoms with E-state index in [1.165, 1.54) is 7.11 Å². The molecule has 0 atom stereocenters. The molecule has 0 aromatic heterocycles. The van der Waals surface area contributed by atoms with Gasteiger partial charge in [0.25, 0.3) is 5.91 Å². The van der Waals surface area contributed by atoms with Crippen molar-refractivity contribution in [2.24, 2.45) is 0 Å². The summed E-state index contributed by atoms with van der Waals surface area (Å²) in [6.45, 7) is 3.38. The number of methoxy groups -OCH3 is 1. The zero-order valence-electron chi connectivity index (χ0n) is 15.7. The third-order valence-electron chi connectivity index (χ3n) is 3.71. The maximum absolute atomic E-state index is 14.0. The molecule has 0 saturated heterocycles. The van der Waals surface area contributed by atoms with Crippen molar-refractivity contribution in [2.45, 2.75) is 31.3 Å². The summed E-state index contributed by atoms with van der Waals surface area (Å²) < 4.78 is 45.5. The number of ether oxygens (including phenoxy) is 1. The molecule has 2 rings (SSSR count). The van der Waals surface area contributed by atoms with E-state index < -0.39 is 27.7 Å². The molecule has 0 aliphatic rings. The maximum Gasteiger partial charge on any atom is 0.337 e. The normalized spacial score (nSPS) is 11.3. The topological polar surface area (TPSA) is 102 Å². The van der Waals surface area contributed by atoms with Gasteiger partial charge in [-0.15, -0.1) is 0 Å². The first-order chi connectivity index (χ1) is 13.1. The van der Waals surface area contributed by atoms with Gasteiger partial charge in [0.2, 0.25) is 10.0 Å². The van der Waals surface area contributed by atoms with E-state index in [4.69, 9.17) is 0 Å². The summed E-state index contributed by atoms with van der Waals surface area (Å²) in [5, 5.41) is 2.53. The van der Waals surface area contributed by atoms with Gasteiger partial charge in [-0.05, 0) is 49.7 Å². The molecule has 2 N–H and O–H groups in total. The van der Waals surface area contributed by atoms with Gasteiger partial charge in [-0.3, -0.25) is 4.79 Å². The zero-order valence-corrected chi connectivity index (χ0v) is 16.5. The fourth-order valence-corrected chi connectivity index (χ4v) is 3.65. The molecular weight excluding hydrogens is 387 g/mol.